The first-order valence-electron chi connectivity index (χ1n) is 24.4. The largest absolute Gasteiger partial charge is 0.462 e. The minimum atomic E-state index is -0.759. The standard InChI is InChI=1S/C49H94O6/c1-5-7-9-11-13-15-17-19-20-22-23-28-32-36-40-47(50)53-43-46(44-54-48(51)41-37-33-29-26-25-27-31-35-39-45(3)4)55-49(52)42-38-34-30-24-21-18-16-14-12-10-8-6-2/h45-46H,5-44H2,1-4H3/t46-/m0/s1. The van der Waals surface area contributed by atoms with E-state index in [2.05, 4.69) is 27.7 Å². The minimum absolute atomic E-state index is 0.0634. The van der Waals surface area contributed by atoms with Crippen LogP contribution in [0.1, 0.15) is 272 Å². The molecule has 0 aromatic rings. The molecule has 6 nitrogen and oxygen atoms in total. The lowest BCUT2D eigenvalue weighted by molar-refractivity contribution is -0.167. The van der Waals surface area contributed by atoms with Gasteiger partial charge in [-0.25, -0.2) is 0 Å². The van der Waals surface area contributed by atoms with Gasteiger partial charge in [0.2, 0.25) is 0 Å². The van der Waals surface area contributed by atoms with Gasteiger partial charge in [0, 0.05) is 19.3 Å². The van der Waals surface area contributed by atoms with Crippen LogP contribution in [0.15, 0.2) is 0 Å². The molecule has 0 unspecified atom stereocenters. The Bertz CT molecular complexity index is 826. The van der Waals surface area contributed by atoms with Gasteiger partial charge < -0.3 is 14.2 Å². The van der Waals surface area contributed by atoms with E-state index in [1.54, 1.807) is 0 Å². The molecule has 0 bridgehead atoms. The molecule has 55 heavy (non-hydrogen) atoms. The second kappa shape index (κ2) is 43.5. The molecule has 0 aliphatic rings. The van der Waals surface area contributed by atoms with Crippen LogP contribution in [0, 0.1) is 5.92 Å². The zero-order valence-corrected chi connectivity index (χ0v) is 37.4. The van der Waals surface area contributed by atoms with Crippen molar-refractivity contribution < 1.29 is 28.6 Å². The molecule has 0 aromatic heterocycles. The molecule has 0 saturated heterocycles. The maximum absolute atomic E-state index is 12.7. The summed E-state index contributed by atoms with van der Waals surface area (Å²) in [6, 6.07) is 0. The Labute approximate surface area is 342 Å². The van der Waals surface area contributed by atoms with Gasteiger partial charge in [-0.1, -0.05) is 233 Å². The van der Waals surface area contributed by atoms with Crippen LogP contribution < -0.4 is 0 Å². The average molecular weight is 779 g/mol. The summed E-state index contributed by atoms with van der Waals surface area (Å²) in [5.41, 5.74) is 0. The van der Waals surface area contributed by atoms with Crippen molar-refractivity contribution in [2.75, 3.05) is 13.2 Å². The SMILES string of the molecule is CCCCCCCCCCCCCCCCC(=O)OC[C@@H](COC(=O)CCCCCCCCCCC(C)C)OC(=O)CCCCCCCCCCCCCC. The van der Waals surface area contributed by atoms with Crippen LogP contribution in [0.2, 0.25) is 0 Å². The van der Waals surface area contributed by atoms with Gasteiger partial charge >= 0.3 is 17.9 Å². The molecule has 0 saturated carbocycles. The number of carbonyl (C=O) groups is 3. The van der Waals surface area contributed by atoms with Gasteiger partial charge in [0.15, 0.2) is 6.10 Å². The number of ether oxygens (including phenoxy) is 3. The summed E-state index contributed by atoms with van der Waals surface area (Å²) in [7, 11) is 0. The Morgan fingerprint density at radius 2 is 0.600 bits per heavy atom. The summed E-state index contributed by atoms with van der Waals surface area (Å²) in [5, 5.41) is 0. The van der Waals surface area contributed by atoms with Crippen LogP contribution in [-0.4, -0.2) is 37.2 Å². The molecule has 0 N–H and O–H groups in total. The fourth-order valence-electron chi connectivity index (χ4n) is 7.33. The molecule has 6 heteroatoms. The predicted octanol–water partition coefficient (Wildman–Crippen LogP) is 15.5. The van der Waals surface area contributed by atoms with Crippen LogP contribution in [-0.2, 0) is 28.6 Å². The third-order valence-corrected chi connectivity index (χ3v) is 11.0. The molecule has 0 aliphatic carbocycles. The summed E-state index contributed by atoms with van der Waals surface area (Å²) in [6.45, 7) is 8.98. The fourth-order valence-corrected chi connectivity index (χ4v) is 7.33. The van der Waals surface area contributed by atoms with E-state index in [1.165, 1.54) is 167 Å². The summed E-state index contributed by atoms with van der Waals surface area (Å²) in [6.07, 6.45) is 43.7. The van der Waals surface area contributed by atoms with Crippen molar-refractivity contribution in [1.82, 2.24) is 0 Å². The maximum Gasteiger partial charge on any atom is 0.306 e. The van der Waals surface area contributed by atoms with Crippen molar-refractivity contribution in [3.63, 3.8) is 0 Å². The maximum atomic E-state index is 12.7. The van der Waals surface area contributed by atoms with Crippen molar-refractivity contribution >= 4 is 17.9 Å². The van der Waals surface area contributed by atoms with Crippen LogP contribution in [0.25, 0.3) is 0 Å². The normalized spacial score (nSPS) is 11.9. The van der Waals surface area contributed by atoms with Gasteiger partial charge in [-0.2, -0.15) is 0 Å². The Kier molecular flexibility index (Phi) is 42.3. The summed E-state index contributed by atoms with van der Waals surface area (Å²) < 4.78 is 16.8. The molecule has 0 spiro atoms. The zero-order chi connectivity index (χ0) is 40.3. The topological polar surface area (TPSA) is 78.9 Å². The van der Waals surface area contributed by atoms with Crippen LogP contribution in [0.5, 0.6) is 0 Å². The molecule has 0 heterocycles. The number of unbranched alkanes of at least 4 members (excludes halogenated alkanes) is 31. The second-order valence-electron chi connectivity index (χ2n) is 17.2. The third-order valence-electron chi connectivity index (χ3n) is 11.0. The van der Waals surface area contributed by atoms with Gasteiger partial charge in [0.25, 0.3) is 0 Å². The molecule has 0 amide bonds. The Balaban J connectivity index is 4.31. The van der Waals surface area contributed by atoms with E-state index in [9.17, 15) is 14.4 Å². The van der Waals surface area contributed by atoms with Crippen molar-refractivity contribution in [2.24, 2.45) is 5.92 Å². The third kappa shape index (κ3) is 43.4. The molecule has 0 fully saturated rings. The Hall–Kier alpha value is -1.59. The fraction of sp³-hybridized carbons (Fsp3) is 0.939. The van der Waals surface area contributed by atoms with Gasteiger partial charge in [-0.15, -0.1) is 0 Å². The highest BCUT2D eigenvalue weighted by Gasteiger charge is 2.19. The van der Waals surface area contributed by atoms with Crippen molar-refractivity contribution in [1.29, 1.82) is 0 Å². The van der Waals surface area contributed by atoms with Crippen molar-refractivity contribution in [3.8, 4) is 0 Å². The van der Waals surface area contributed by atoms with Gasteiger partial charge in [-0.3, -0.25) is 14.4 Å². The lowest BCUT2D eigenvalue weighted by Gasteiger charge is -2.18. The second-order valence-corrected chi connectivity index (χ2v) is 17.2. The first kappa shape index (κ1) is 53.4. The zero-order valence-electron chi connectivity index (χ0n) is 37.4. The highest BCUT2D eigenvalue weighted by Crippen LogP contribution is 2.16. The quantitative estimate of drug-likeness (QED) is 0.0348. The molecule has 0 rings (SSSR count). The monoisotopic (exact) mass is 779 g/mol. The van der Waals surface area contributed by atoms with Crippen LogP contribution in [0.3, 0.4) is 0 Å². The smallest absolute Gasteiger partial charge is 0.306 e. The highest BCUT2D eigenvalue weighted by atomic mass is 16.6. The number of esters is 3. The Morgan fingerprint density at radius 1 is 0.345 bits per heavy atom. The van der Waals surface area contributed by atoms with Crippen molar-refractivity contribution in [3.05, 3.63) is 0 Å². The number of hydrogen-bond acceptors (Lipinski definition) is 6. The number of carbonyl (C=O) groups excluding carboxylic acids is 3. The van der Waals surface area contributed by atoms with E-state index in [-0.39, 0.29) is 31.1 Å². The summed E-state index contributed by atoms with van der Waals surface area (Å²) >= 11 is 0. The minimum Gasteiger partial charge on any atom is -0.462 e. The van der Waals surface area contributed by atoms with Crippen molar-refractivity contribution in [2.45, 2.75) is 278 Å². The van der Waals surface area contributed by atoms with E-state index in [0.717, 1.165) is 63.7 Å². The Morgan fingerprint density at radius 3 is 0.891 bits per heavy atom. The molecular formula is C49H94O6. The van der Waals surface area contributed by atoms with Crippen LogP contribution in [0.4, 0.5) is 0 Å². The lowest BCUT2D eigenvalue weighted by atomic mass is 10.0. The predicted molar refractivity (Wildman–Crippen MR) is 233 cm³/mol. The first-order chi connectivity index (χ1) is 26.9. The van der Waals surface area contributed by atoms with Crippen LogP contribution >= 0.6 is 0 Å². The summed E-state index contributed by atoms with van der Waals surface area (Å²) in [4.78, 5) is 37.8. The molecule has 0 aliphatic heterocycles. The van der Waals surface area contributed by atoms with Gasteiger partial charge in [0.1, 0.15) is 13.2 Å². The van der Waals surface area contributed by atoms with E-state index >= 15 is 0 Å². The summed E-state index contributed by atoms with van der Waals surface area (Å²) in [5.74, 6) is -0.0539. The van der Waals surface area contributed by atoms with E-state index < -0.39 is 6.10 Å². The molecule has 1 atom stereocenters. The highest BCUT2D eigenvalue weighted by molar-refractivity contribution is 5.71. The van der Waals surface area contributed by atoms with Gasteiger partial charge in [-0.05, 0) is 25.2 Å². The van der Waals surface area contributed by atoms with E-state index in [1.807, 2.05) is 0 Å². The van der Waals surface area contributed by atoms with Gasteiger partial charge in [0.05, 0.1) is 0 Å². The molecule has 0 radical (unpaired) electrons. The number of hydrogen-bond donors (Lipinski definition) is 0. The van der Waals surface area contributed by atoms with E-state index in [0.29, 0.717) is 19.3 Å². The molecular weight excluding hydrogens is 685 g/mol. The molecule has 326 valence electrons. The lowest BCUT2D eigenvalue weighted by Crippen LogP contribution is -2.30. The molecule has 0 aromatic carbocycles. The first-order valence-corrected chi connectivity index (χ1v) is 24.4. The number of rotatable bonds is 44. The van der Waals surface area contributed by atoms with E-state index in [4.69, 9.17) is 14.2 Å². The average Bonchev–Trinajstić information content (AvgIpc) is 3.17.